The lowest BCUT2D eigenvalue weighted by molar-refractivity contribution is -0.121. The largest absolute Gasteiger partial charge is 0.282 e. The van der Waals surface area contributed by atoms with E-state index in [4.69, 9.17) is 11.6 Å². The summed E-state index contributed by atoms with van der Waals surface area (Å²) in [6.07, 6.45) is 2.54. The van der Waals surface area contributed by atoms with Gasteiger partial charge in [0.1, 0.15) is 0 Å². The number of amides is 1. The fourth-order valence-electron chi connectivity index (χ4n) is 1.99. The van der Waals surface area contributed by atoms with Gasteiger partial charge in [-0.3, -0.25) is 9.89 Å². The summed E-state index contributed by atoms with van der Waals surface area (Å²) in [5.74, 6) is -0.140. The summed E-state index contributed by atoms with van der Waals surface area (Å²) in [6.45, 7) is 3.87. The van der Waals surface area contributed by atoms with E-state index < -0.39 is 0 Å². The monoisotopic (exact) mass is 304 g/mol. The number of carbonyl (C=O) groups excluding carboxylic acids is 1. The smallest absolute Gasteiger partial charge is 0.240 e. The van der Waals surface area contributed by atoms with E-state index in [-0.39, 0.29) is 5.91 Å². The number of hydrogen-bond donors (Lipinski definition) is 2. The molecule has 1 heterocycles. The standard InChI is InChI=1S/C15H17ClN4O/c1-10-13(11(2)19-18-10)7-8-15(21)20-17-9-12-5-3-4-6-14(12)16/h3-6,9H,7-8H2,1-2H3,(H,18,19)(H,20,21)/b17-9-. The molecule has 0 spiro atoms. The molecule has 0 saturated heterocycles. The number of aromatic nitrogens is 2. The molecule has 2 aromatic rings. The number of rotatable bonds is 5. The van der Waals surface area contributed by atoms with Gasteiger partial charge in [-0.25, -0.2) is 5.43 Å². The van der Waals surface area contributed by atoms with Gasteiger partial charge >= 0.3 is 0 Å². The summed E-state index contributed by atoms with van der Waals surface area (Å²) < 4.78 is 0. The molecule has 2 N–H and O–H groups in total. The average molecular weight is 305 g/mol. The Bertz CT molecular complexity index is 644. The number of nitrogens with zero attached hydrogens (tertiary/aromatic N) is 2. The van der Waals surface area contributed by atoms with Crippen molar-refractivity contribution in [2.75, 3.05) is 0 Å². The molecule has 110 valence electrons. The van der Waals surface area contributed by atoms with Crippen LogP contribution in [-0.4, -0.2) is 22.3 Å². The van der Waals surface area contributed by atoms with Gasteiger partial charge in [0.25, 0.3) is 0 Å². The first-order valence-corrected chi connectivity index (χ1v) is 7.02. The Labute approximate surface area is 128 Å². The van der Waals surface area contributed by atoms with Crippen LogP contribution in [0.5, 0.6) is 0 Å². The number of halogens is 1. The molecule has 0 aliphatic rings. The van der Waals surface area contributed by atoms with Gasteiger partial charge in [-0.05, 0) is 31.9 Å². The molecular formula is C15H17ClN4O. The second kappa shape index (κ2) is 7.04. The second-order valence-corrected chi connectivity index (χ2v) is 5.13. The van der Waals surface area contributed by atoms with E-state index in [1.54, 1.807) is 6.07 Å². The van der Waals surface area contributed by atoms with Crippen LogP contribution in [0.2, 0.25) is 5.02 Å². The van der Waals surface area contributed by atoms with Crippen LogP contribution in [0.3, 0.4) is 0 Å². The Hall–Kier alpha value is -2.14. The molecule has 21 heavy (non-hydrogen) atoms. The molecule has 1 aromatic carbocycles. The van der Waals surface area contributed by atoms with Crippen LogP contribution in [0.15, 0.2) is 29.4 Å². The molecule has 0 unspecified atom stereocenters. The zero-order valence-corrected chi connectivity index (χ0v) is 12.7. The SMILES string of the molecule is Cc1n[nH]c(C)c1CCC(=O)N/N=C\c1ccccc1Cl. The van der Waals surface area contributed by atoms with Gasteiger partial charge in [0.15, 0.2) is 0 Å². The zero-order chi connectivity index (χ0) is 15.2. The molecule has 0 aliphatic carbocycles. The van der Waals surface area contributed by atoms with Crippen LogP contribution in [0.25, 0.3) is 0 Å². The molecular weight excluding hydrogens is 288 g/mol. The molecule has 0 aliphatic heterocycles. The second-order valence-electron chi connectivity index (χ2n) is 4.73. The van der Waals surface area contributed by atoms with E-state index in [1.165, 1.54) is 6.21 Å². The molecule has 0 saturated carbocycles. The van der Waals surface area contributed by atoms with Crippen molar-refractivity contribution in [1.29, 1.82) is 0 Å². The van der Waals surface area contributed by atoms with Crippen molar-refractivity contribution in [1.82, 2.24) is 15.6 Å². The number of nitrogens with one attached hydrogen (secondary N) is 2. The normalized spacial score (nSPS) is 11.0. The molecule has 6 heteroatoms. The van der Waals surface area contributed by atoms with Crippen molar-refractivity contribution in [3.05, 3.63) is 51.8 Å². The van der Waals surface area contributed by atoms with E-state index in [2.05, 4.69) is 20.7 Å². The molecule has 0 fully saturated rings. The highest BCUT2D eigenvalue weighted by molar-refractivity contribution is 6.33. The minimum atomic E-state index is -0.140. The number of hydrogen-bond acceptors (Lipinski definition) is 3. The number of aromatic amines is 1. The van der Waals surface area contributed by atoms with Gasteiger partial charge in [0, 0.05) is 22.7 Å². The Morgan fingerprint density at radius 2 is 2.19 bits per heavy atom. The van der Waals surface area contributed by atoms with Crippen LogP contribution >= 0.6 is 11.6 Å². The Morgan fingerprint density at radius 1 is 1.43 bits per heavy atom. The third-order valence-electron chi connectivity index (χ3n) is 3.18. The highest BCUT2D eigenvalue weighted by Crippen LogP contribution is 2.12. The lowest BCUT2D eigenvalue weighted by Crippen LogP contribution is -2.18. The summed E-state index contributed by atoms with van der Waals surface area (Å²) in [7, 11) is 0. The van der Waals surface area contributed by atoms with Gasteiger partial charge in [0.2, 0.25) is 5.91 Å². The van der Waals surface area contributed by atoms with Crippen molar-refractivity contribution in [2.45, 2.75) is 26.7 Å². The van der Waals surface area contributed by atoms with Crippen LogP contribution < -0.4 is 5.43 Å². The summed E-state index contributed by atoms with van der Waals surface area (Å²) in [4.78, 5) is 11.7. The number of H-pyrrole nitrogens is 1. The van der Waals surface area contributed by atoms with Gasteiger partial charge in [-0.2, -0.15) is 10.2 Å². The van der Waals surface area contributed by atoms with Crippen molar-refractivity contribution >= 4 is 23.7 Å². The number of carbonyl (C=O) groups is 1. The van der Waals surface area contributed by atoms with E-state index >= 15 is 0 Å². The van der Waals surface area contributed by atoms with Gasteiger partial charge in [-0.15, -0.1) is 0 Å². The Kier molecular flexibility index (Phi) is 5.11. The topological polar surface area (TPSA) is 70.1 Å². The fourth-order valence-corrected chi connectivity index (χ4v) is 2.17. The minimum Gasteiger partial charge on any atom is -0.282 e. The van der Waals surface area contributed by atoms with Crippen LogP contribution in [0.4, 0.5) is 0 Å². The summed E-state index contributed by atoms with van der Waals surface area (Å²) in [5, 5.41) is 11.5. The van der Waals surface area contributed by atoms with Crippen LogP contribution in [0, 0.1) is 13.8 Å². The first-order chi connectivity index (χ1) is 10.1. The molecule has 1 aromatic heterocycles. The van der Waals surface area contributed by atoms with Gasteiger partial charge < -0.3 is 0 Å². The van der Waals surface area contributed by atoms with E-state index in [9.17, 15) is 4.79 Å². The molecule has 2 rings (SSSR count). The maximum atomic E-state index is 11.7. The minimum absolute atomic E-state index is 0.140. The predicted octanol–water partition coefficient (Wildman–Crippen LogP) is 2.76. The summed E-state index contributed by atoms with van der Waals surface area (Å²) in [6, 6.07) is 7.30. The van der Waals surface area contributed by atoms with Crippen molar-refractivity contribution in [2.24, 2.45) is 5.10 Å². The van der Waals surface area contributed by atoms with Crippen molar-refractivity contribution in [3.8, 4) is 0 Å². The fraction of sp³-hybridized carbons (Fsp3) is 0.267. The third kappa shape index (κ3) is 4.16. The number of benzene rings is 1. The van der Waals surface area contributed by atoms with Crippen molar-refractivity contribution in [3.63, 3.8) is 0 Å². The van der Waals surface area contributed by atoms with E-state index in [1.807, 2.05) is 32.0 Å². The third-order valence-corrected chi connectivity index (χ3v) is 3.53. The first kappa shape index (κ1) is 15.3. The maximum Gasteiger partial charge on any atom is 0.240 e. The molecule has 0 bridgehead atoms. The zero-order valence-electron chi connectivity index (χ0n) is 12.0. The quantitative estimate of drug-likeness (QED) is 0.658. The highest BCUT2D eigenvalue weighted by atomic mass is 35.5. The van der Waals surface area contributed by atoms with E-state index in [0.717, 1.165) is 22.5 Å². The average Bonchev–Trinajstić information content (AvgIpc) is 2.78. The van der Waals surface area contributed by atoms with Gasteiger partial charge in [-0.1, -0.05) is 29.8 Å². The molecule has 0 radical (unpaired) electrons. The summed E-state index contributed by atoms with van der Waals surface area (Å²) >= 11 is 5.99. The maximum absolute atomic E-state index is 11.7. The van der Waals surface area contributed by atoms with Crippen LogP contribution in [-0.2, 0) is 11.2 Å². The van der Waals surface area contributed by atoms with Gasteiger partial charge in [0.05, 0.1) is 11.9 Å². The predicted molar refractivity (Wildman–Crippen MR) is 83.6 cm³/mol. The van der Waals surface area contributed by atoms with Crippen molar-refractivity contribution < 1.29 is 4.79 Å². The first-order valence-electron chi connectivity index (χ1n) is 6.65. The Balaban J connectivity index is 1.84. The number of aryl methyl sites for hydroxylation is 2. The highest BCUT2D eigenvalue weighted by Gasteiger charge is 2.08. The lowest BCUT2D eigenvalue weighted by Gasteiger charge is -2.01. The molecule has 5 nitrogen and oxygen atoms in total. The lowest BCUT2D eigenvalue weighted by atomic mass is 10.1. The molecule has 1 amide bonds. The molecule has 0 atom stereocenters. The number of hydrazone groups is 1. The van der Waals surface area contributed by atoms with E-state index in [0.29, 0.717) is 17.9 Å². The summed E-state index contributed by atoms with van der Waals surface area (Å²) in [5.41, 5.74) is 6.28. The Morgan fingerprint density at radius 3 is 2.86 bits per heavy atom. The van der Waals surface area contributed by atoms with Crippen LogP contribution in [0.1, 0.15) is 28.9 Å².